The lowest BCUT2D eigenvalue weighted by atomic mass is 10.3. The monoisotopic (exact) mass is 250 g/mol. The summed E-state index contributed by atoms with van der Waals surface area (Å²) < 4.78 is 0. The lowest BCUT2D eigenvalue weighted by molar-refractivity contribution is 0.0943. The largest absolute Gasteiger partial charge is 0.388 e. The Morgan fingerprint density at radius 3 is 2.83 bits per heavy atom. The van der Waals surface area contributed by atoms with Crippen LogP contribution in [0, 0.1) is 0 Å². The average molecular weight is 250 g/mol. The number of anilines is 1. The normalized spacial score (nSPS) is 10.8. The van der Waals surface area contributed by atoms with Crippen molar-refractivity contribution in [1.82, 2.24) is 15.2 Å². The minimum atomic E-state index is -0.135. The molecule has 0 aliphatic heterocycles. The molecule has 5 heteroatoms. The second-order valence-electron chi connectivity index (χ2n) is 4.51. The van der Waals surface area contributed by atoms with Crippen LogP contribution < -0.4 is 10.6 Å². The van der Waals surface area contributed by atoms with Crippen molar-refractivity contribution in [1.29, 1.82) is 0 Å². The smallest absolute Gasteiger partial charge is 0.269 e. The third kappa shape index (κ3) is 4.33. The second kappa shape index (κ2) is 6.96. The van der Waals surface area contributed by atoms with Gasteiger partial charge in [0.1, 0.15) is 5.69 Å². The summed E-state index contributed by atoms with van der Waals surface area (Å²) in [5.41, 5.74) is 1.32. The zero-order valence-electron chi connectivity index (χ0n) is 11.5. The highest BCUT2D eigenvalue weighted by Gasteiger charge is 2.08. The molecule has 0 saturated heterocycles. The lowest BCUT2D eigenvalue weighted by Crippen LogP contribution is -2.36. The molecular weight excluding hydrogens is 228 g/mol. The minimum absolute atomic E-state index is 0.135. The molecule has 1 rings (SSSR count). The summed E-state index contributed by atoms with van der Waals surface area (Å²) >= 11 is 0. The minimum Gasteiger partial charge on any atom is -0.388 e. The fourth-order valence-corrected chi connectivity index (χ4v) is 1.40. The summed E-state index contributed by atoms with van der Waals surface area (Å²) in [4.78, 5) is 18.1. The SMILES string of the molecule is CNc1ccnc(C(=O)NCCN(C)C(C)C)c1. The molecule has 1 heterocycles. The molecule has 0 saturated carbocycles. The third-order valence-corrected chi connectivity index (χ3v) is 2.91. The molecule has 0 atom stereocenters. The Labute approximate surface area is 109 Å². The van der Waals surface area contributed by atoms with Gasteiger partial charge in [0.25, 0.3) is 5.91 Å². The van der Waals surface area contributed by atoms with Gasteiger partial charge in [-0.05, 0) is 33.0 Å². The lowest BCUT2D eigenvalue weighted by Gasteiger charge is -2.20. The van der Waals surface area contributed by atoms with E-state index in [0.29, 0.717) is 18.3 Å². The van der Waals surface area contributed by atoms with Gasteiger partial charge in [0.2, 0.25) is 0 Å². The van der Waals surface area contributed by atoms with E-state index in [-0.39, 0.29) is 5.91 Å². The van der Waals surface area contributed by atoms with Crippen molar-refractivity contribution in [2.75, 3.05) is 32.5 Å². The van der Waals surface area contributed by atoms with Crippen LogP contribution in [0.4, 0.5) is 5.69 Å². The molecule has 18 heavy (non-hydrogen) atoms. The van der Waals surface area contributed by atoms with Crippen LogP contribution in [0.15, 0.2) is 18.3 Å². The van der Waals surface area contributed by atoms with Crippen molar-refractivity contribution in [3.05, 3.63) is 24.0 Å². The van der Waals surface area contributed by atoms with Gasteiger partial charge < -0.3 is 15.5 Å². The highest BCUT2D eigenvalue weighted by molar-refractivity contribution is 5.93. The van der Waals surface area contributed by atoms with E-state index in [4.69, 9.17) is 0 Å². The van der Waals surface area contributed by atoms with Crippen molar-refractivity contribution < 1.29 is 4.79 Å². The number of hydrogen-bond acceptors (Lipinski definition) is 4. The van der Waals surface area contributed by atoms with E-state index in [1.165, 1.54) is 0 Å². The molecule has 0 bridgehead atoms. The number of nitrogens with one attached hydrogen (secondary N) is 2. The first kappa shape index (κ1) is 14.4. The summed E-state index contributed by atoms with van der Waals surface area (Å²) in [6.07, 6.45) is 1.63. The number of hydrogen-bond donors (Lipinski definition) is 2. The Morgan fingerprint density at radius 1 is 1.50 bits per heavy atom. The van der Waals surface area contributed by atoms with Crippen LogP contribution in [0.1, 0.15) is 24.3 Å². The molecule has 0 aromatic carbocycles. The molecule has 0 aliphatic carbocycles. The van der Waals surface area contributed by atoms with Crippen LogP contribution in [0.3, 0.4) is 0 Å². The maximum Gasteiger partial charge on any atom is 0.269 e. The molecule has 1 aromatic heterocycles. The molecule has 2 N–H and O–H groups in total. The van der Waals surface area contributed by atoms with Crippen molar-refractivity contribution in [3.63, 3.8) is 0 Å². The topological polar surface area (TPSA) is 57.3 Å². The van der Waals surface area contributed by atoms with Crippen LogP contribution in [0.2, 0.25) is 0 Å². The van der Waals surface area contributed by atoms with Crippen LogP contribution in [-0.2, 0) is 0 Å². The van der Waals surface area contributed by atoms with Gasteiger partial charge in [-0.3, -0.25) is 9.78 Å². The Morgan fingerprint density at radius 2 is 2.22 bits per heavy atom. The molecule has 100 valence electrons. The number of carbonyl (C=O) groups is 1. The predicted molar refractivity (Wildman–Crippen MR) is 73.9 cm³/mol. The van der Waals surface area contributed by atoms with Crippen molar-refractivity contribution in [2.24, 2.45) is 0 Å². The molecule has 0 spiro atoms. The van der Waals surface area contributed by atoms with Crippen LogP contribution in [0.25, 0.3) is 0 Å². The van der Waals surface area contributed by atoms with E-state index in [9.17, 15) is 4.79 Å². The molecule has 0 fully saturated rings. The molecule has 1 amide bonds. The Bertz CT molecular complexity index is 392. The fourth-order valence-electron chi connectivity index (χ4n) is 1.40. The third-order valence-electron chi connectivity index (χ3n) is 2.91. The molecule has 5 nitrogen and oxygen atoms in total. The first-order valence-corrected chi connectivity index (χ1v) is 6.17. The first-order chi connectivity index (χ1) is 8.54. The van der Waals surface area contributed by atoms with E-state index < -0.39 is 0 Å². The number of aromatic nitrogens is 1. The van der Waals surface area contributed by atoms with E-state index in [1.807, 2.05) is 20.2 Å². The zero-order chi connectivity index (χ0) is 13.5. The summed E-state index contributed by atoms with van der Waals surface area (Å²) in [5, 5.41) is 5.85. The van der Waals surface area contributed by atoms with Crippen LogP contribution in [0.5, 0.6) is 0 Å². The number of rotatable bonds is 6. The van der Waals surface area contributed by atoms with Crippen LogP contribution in [-0.4, -0.2) is 49.0 Å². The van der Waals surface area contributed by atoms with Gasteiger partial charge in [-0.15, -0.1) is 0 Å². The molecule has 0 aliphatic rings. The summed E-state index contributed by atoms with van der Waals surface area (Å²) in [7, 11) is 3.85. The van der Waals surface area contributed by atoms with Gasteiger partial charge in [0.15, 0.2) is 0 Å². The zero-order valence-corrected chi connectivity index (χ0v) is 11.5. The Kier molecular flexibility index (Phi) is 5.58. The number of carbonyl (C=O) groups excluding carboxylic acids is 1. The maximum atomic E-state index is 11.8. The number of pyridine rings is 1. The van der Waals surface area contributed by atoms with Crippen LogP contribution >= 0.6 is 0 Å². The van der Waals surface area contributed by atoms with E-state index >= 15 is 0 Å². The molecule has 1 aromatic rings. The number of nitrogens with zero attached hydrogens (tertiary/aromatic N) is 2. The van der Waals surface area contributed by atoms with Gasteiger partial charge in [-0.25, -0.2) is 0 Å². The summed E-state index contributed by atoms with van der Waals surface area (Å²) in [6, 6.07) is 4.04. The first-order valence-electron chi connectivity index (χ1n) is 6.17. The van der Waals surface area contributed by atoms with Crippen molar-refractivity contribution in [2.45, 2.75) is 19.9 Å². The van der Waals surface area contributed by atoms with Gasteiger partial charge in [-0.1, -0.05) is 0 Å². The van der Waals surface area contributed by atoms with Gasteiger partial charge in [0.05, 0.1) is 0 Å². The van der Waals surface area contributed by atoms with Gasteiger partial charge in [0, 0.05) is 38.1 Å². The van der Waals surface area contributed by atoms with Gasteiger partial charge in [-0.2, -0.15) is 0 Å². The predicted octanol–water partition coefficient (Wildman–Crippen LogP) is 1.19. The van der Waals surface area contributed by atoms with E-state index in [1.54, 1.807) is 12.3 Å². The number of amides is 1. The van der Waals surface area contributed by atoms with Crippen molar-refractivity contribution >= 4 is 11.6 Å². The standard InChI is InChI=1S/C13H22N4O/c1-10(2)17(4)8-7-16-13(18)12-9-11(14-3)5-6-15-12/h5-6,9-10H,7-8H2,1-4H3,(H,14,15)(H,16,18). The molecule has 0 radical (unpaired) electrons. The van der Waals surface area contributed by atoms with E-state index in [0.717, 1.165) is 12.2 Å². The van der Waals surface area contributed by atoms with Crippen molar-refractivity contribution in [3.8, 4) is 0 Å². The highest BCUT2D eigenvalue weighted by atomic mass is 16.1. The molecular formula is C13H22N4O. The Balaban J connectivity index is 2.45. The maximum absolute atomic E-state index is 11.8. The summed E-state index contributed by atoms with van der Waals surface area (Å²) in [6.45, 7) is 5.70. The fraction of sp³-hybridized carbons (Fsp3) is 0.538. The van der Waals surface area contributed by atoms with E-state index in [2.05, 4.69) is 34.4 Å². The average Bonchev–Trinajstić information content (AvgIpc) is 2.38. The second-order valence-corrected chi connectivity index (χ2v) is 4.51. The van der Waals surface area contributed by atoms with Gasteiger partial charge >= 0.3 is 0 Å². The molecule has 0 unspecified atom stereocenters. The Hall–Kier alpha value is -1.62. The quantitative estimate of drug-likeness (QED) is 0.796. The highest BCUT2D eigenvalue weighted by Crippen LogP contribution is 2.06. The summed E-state index contributed by atoms with van der Waals surface area (Å²) in [5.74, 6) is -0.135. The number of likely N-dealkylation sites (N-methyl/N-ethyl adjacent to an activating group) is 1.